The molecule has 1 radical (unpaired) electrons. The maximum atomic E-state index is 13.0. The van der Waals surface area contributed by atoms with E-state index in [9.17, 15) is 9.59 Å². The van der Waals surface area contributed by atoms with Crippen molar-refractivity contribution < 1.29 is 26.6 Å². The first-order valence-electron chi connectivity index (χ1n) is 15.8. The molecule has 5 aromatic rings. The molecule has 1 fully saturated rings. The quantitative estimate of drug-likeness (QED) is 0.131. The Hall–Kier alpha value is -4.08. The molecule has 2 aliphatic rings. The number of benzene rings is 2. The van der Waals surface area contributed by atoms with Gasteiger partial charge in [-0.25, -0.2) is 21.1 Å². The SMILES string of the molecule is COc1nc(-c2cccc(-c3cccc(Nc4nccc5cnn(C)c(=O)c45)c3C)c2Cl)cc2c1[C@@H](N1CC[C-](CC[C-]=O)C1)CC2.[Mn+2]. The molecule has 1 aliphatic heterocycles. The van der Waals surface area contributed by atoms with E-state index in [1.165, 1.54) is 16.2 Å². The number of hydrogen-bond acceptors (Lipinski definition) is 8. The Kier molecular flexibility index (Phi) is 9.99. The van der Waals surface area contributed by atoms with Gasteiger partial charge in [-0.2, -0.15) is 17.9 Å². The summed E-state index contributed by atoms with van der Waals surface area (Å²) < 4.78 is 7.22. The third-order valence-electron chi connectivity index (χ3n) is 9.54. The fraction of sp³-hybridized carbons (Fsp3) is 0.297. The van der Waals surface area contributed by atoms with Crippen LogP contribution in [-0.2, 0) is 35.3 Å². The van der Waals surface area contributed by atoms with Crippen LogP contribution in [0.5, 0.6) is 5.88 Å². The molecule has 1 saturated heterocycles. The van der Waals surface area contributed by atoms with E-state index in [1.807, 2.05) is 49.6 Å². The first-order chi connectivity index (χ1) is 22.9. The molecule has 4 heterocycles. The number of nitrogens with one attached hydrogen (secondary N) is 1. The van der Waals surface area contributed by atoms with Crippen LogP contribution in [-0.4, -0.2) is 51.1 Å². The Morgan fingerprint density at radius 1 is 1.15 bits per heavy atom. The molecule has 0 spiro atoms. The van der Waals surface area contributed by atoms with Gasteiger partial charge in [0.2, 0.25) is 5.88 Å². The summed E-state index contributed by atoms with van der Waals surface area (Å²) in [6, 6.07) is 16.2. The number of methoxy groups -OCH3 is 1. The number of anilines is 2. The summed E-state index contributed by atoms with van der Waals surface area (Å²) in [5.41, 5.74) is 7.40. The summed E-state index contributed by atoms with van der Waals surface area (Å²) in [6.07, 6.45) is 9.61. The molecule has 245 valence electrons. The summed E-state index contributed by atoms with van der Waals surface area (Å²) in [5.74, 6) is 2.53. The minimum Gasteiger partial charge on any atom is -0.542 e. The van der Waals surface area contributed by atoms with Gasteiger partial charge in [-0.1, -0.05) is 41.9 Å². The first-order valence-corrected chi connectivity index (χ1v) is 16.2. The van der Waals surface area contributed by atoms with Crippen LogP contribution in [0, 0.1) is 12.8 Å². The number of rotatable bonds is 9. The number of aryl methyl sites for hydroxylation is 2. The van der Waals surface area contributed by atoms with Gasteiger partial charge in [0.05, 0.1) is 29.4 Å². The monoisotopic (exact) mass is 701 g/mol. The van der Waals surface area contributed by atoms with Crippen molar-refractivity contribution in [3.05, 3.63) is 98.9 Å². The second kappa shape index (κ2) is 14.2. The van der Waals surface area contributed by atoms with Crippen molar-refractivity contribution in [2.75, 3.05) is 25.5 Å². The molecule has 0 saturated carbocycles. The van der Waals surface area contributed by atoms with Gasteiger partial charge < -0.3 is 25.7 Å². The number of hydrogen-bond donors (Lipinski definition) is 1. The van der Waals surface area contributed by atoms with E-state index in [1.54, 1.807) is 32.6 Å². The molecule has 2 aromatic carbocycles. The predicted molar refractivity (Wildman–Crippen MR) is 185 cm³/mol. The van der Waals surface area contributed by atoms with Crippen molar-refractivity contribution in [2.24, 2.45) is 7.05 Å². The molecule has 11 heteroatoms. The van der Waals surface area contributed by atoms with Gasteiger partial charge in [-0.3, -0.25) is 11.1 Å². The fourth-order valence-corrected chi connectivity index (χ4v) is 7.41. The molecule has 0 unspecified atom stereocenters. The largest absolute Gasteiger partial charge is 2.00 e. The zero-order valence-corrected chi connectivity index (χ0v) is 29.0. The third-order valence-corrected chi connectivity index (χ3v) is 9.94. The Morgan fingerprint density at radius 3 is 2.75 bits per heavy atom. The minimum atomic E-state index is -0.219. The van der Waals surface area contributed by atoms with Crippen LogP contribution in [0.3, 0.4) is 0 Å². The maximum absolute atomic E-state index is 13.0. The average Bonchev–Trinajstić information content (AvgIpc) is 3.73. The summed E-state index contributed by atoms with van der Waals surface area (Å²) in [7, 11) is 3.31. The normalized spacial score (nSPS) is 16.1. The van der Waals surface area contributed by atoms with Gasteiger partial charge in [0.15, 0.2) is 0 Å². The molecule has 3 aromatic heterocycles. The number of aromatic nitrogens is 4. The molecule has 0 amide bonds. The average molecular weight is 702 g/mol. The van der Waals surface area contributed by atoms with E-state index in [0.29, 0.717) is 28.5 Å². The van der Waals surface area contributed by atoms with Gasteiger partial charge >= 0.3 is 17.1 Å². The van der Waals surface area contributed by atoms with Crippen molar-refractivity contribution in [3.8, 4) is 28.3 Å². The number of nitrogens with zero attached hydrogens (tertiary/aromatic N) is 5. The van der Waals surface area contributed by atoms with Gasteiger partial charge in [0.25, 0.3) is 5.56 Å². The van der Waals surface area contributed by atoms with E-state index in [2.05, 4.69) is 26.4 Å². The standard InChI is InChI=1S/C37H35ClN6O3.Mn/c1-22-26(8-5-11-29(22)41-35-33-25(14-16-39-35)20-40-43(2)37(33)46)27-9-4-10-28(34(27)38)30-19-24-12-13-31(32(24)36(42-30)47-3)44-17-15-23(21-44)7-6-18-45;/h4-5,8-11,14,16,19-20,31H,6-7,12-13,15,17,21H2,1-3H3,(H,39,41);/q-2;+2/t31-;/m0./s1. The van der Waals surface area contributed by atoms with Gasteiger partial charge in [-0.15, -0.1) is 6.54 Å². The summed E-state index contributed by atoms with van der Waals surface area (Å²) >= 11 is 7.21. The topological polar surface area (TPSA) is 102 Å². The van der Waals surface area contributed by atoms with Crippen LogP contribution in [0.25, 0.3) is 33.2 Å². The number of carbonyl (C=O) groups excluding carboxylic acids is 1. The number of likely N-dealkylation sites (tertiary alicyclic amines) is 1. The van der Waals surface area contributed by atoms with E-state index in [-0.39, 0.29) is 28.7 Å². The number of pyridine rings is 2. The van der Waals surface area contributed by atoms with Crippen molar-refractivity contribution in [1.82, 2.24) is 24.6 Å². The molecule has 48 heavy (non-hydrogen) atoms. The second-order valence-corrected chi connectivity index (χ2v) is 12.6. The summed E-state index contributed by atoms with van der Waals surface area (Å²) in [4.78, 5) is 35.7. The third kappa shape index (κ3) is 6.14. The molecule has 0 bridgehead atoms. The van der Waals surface area contributed by atoms with Crippen LogP contribution in [0.4, 0.5) is 11.5 Å². The predicted octanol–water partition coefficient (Wildman–Crippen LogP) is 6.93. The van der Waals surface area contributed by atoms with E-state index in [0.717, 1.165) is 83.4 Å². The van der Waals surface area contributed by atoms with Gasteiger partial charge in [-0.05, 0) is 61.2 Å². The molecule has 1 atom stereocenters. The summed E-state index contributed by atoms with van der Waals surface area (Å²) in [6.45, 7) is 3.91. The Labute approximate surface area is 295 Å². The minimum absolute atomic E-state index is 0. The van der Waals surface area contributed by atoms with Crippen molar-refractivity contribution in [3.63, 3.8) is 0 Å². The second-order valence-electron chi connectivity index (χ2n) is 12.2. The van der Waals surface area contributed by atoms with Gasteiger partial charge in [0, 0.05) is 47.1 Å². The molecule has 7 rings (SSSR count). The Balaban J connectivity index is 0.00000401. The Morgan fingerprint density at radius 2 is 1.94 bits per heavy atom. The van der Waals surface area contributed by atoms with Crippen molar-refractivity contribution in [2.45, 2.75) is 45.1 Å². The number of halogens is 1. The van der Waals surface area contributed by atoms with Gasteiger partial charge in [0.1, 0.15) is 5.82 Å². The van der Waals surface area contributed by atoms with E-state index in [4.69, 9.17) is 21.3 Å². The number of ether oxygens (including phenoxy) is 1. The van der Waals surface area contributed by atoms with Crippen molar-refractivity contribution >= 4 is 40.2 Å². The van der Waals surface area contributed by atoms with Crippen LogP contribution in [0.2, 0.25) is 5.02 Å². The zero-order chi connectivity index (χ0) is 32.7. The van der Waals surface area contributed by atoms with Crippen LogP contribution in [0.1, 0.15) is 48.4 Å². The smallest absolute Gasteiger partial charge is 0.542 e. The first kappa shape index (κ1) is 33.8. The molecular weight excluding hydrogens is 667 g/mol. The zero-order valence-electron chi connectivity index (χ0n) is 27.0. The van der Waals surface area contributed by atoms with E-state index >= 15 is 0 Å². The Bertz CT molecular complexity index is 2070. The van der Waals surface area contributed by atoms with E-state index < -0.39 is 0 Å². The summed E-state index contributed by atoms with van der Waals surface area (Å²) in [5, 5.41) is 9.34. The molecule has 1 N–H and O–H groups in total. The molecular formula is C37H35ClMnN6O3. The van der Waals surface area contributed by atoms with Crippen LogP contribution >= 0.6 is 11.6 Å². The van der Waals surface area contributed by atoms with Crippen molar-refractivity contribution in [1.29, 1.82) is 0 Å². The molecule has 9 nitrogen and oxygen atoms in total. The number of fused-ring (bicyclic) bond motifs is 2. The van der Waals surface area contributed by atoms with Crippen LogP contribution in [0.15, 0.2) is 65.7 Å². The maximum Gasteiger partial charge on any atom is 2.00 e. The van der Waals surface area contributed by atoms with Crippen LogP contribution < -0.4 is 15.6 Å². The fourth-order valence-electron chi connectivity index (χ4n) is 7.08. The molecule has 1 aliphatic carbocycles.